The first-order chi connectivity index (χ1) is 49.6. The van der Waals surface area contributed by atoms with Crippen molar-refractivity contribution < 1.29 is 52.7 Å². The highest BCUT2D eigenvalue weighted by molar-refractivity contribution is 6.14. The zero-order chi connectivity index (χ0) is 70.8. The Labute approximate surface area is 577 Å². The minimum atomic E-state index is -5.24. The van der Waals surface area contributed by atoms with Crippen molar-refractivity contribution in [3.8, 4) is 95.7 Å². The molecule has 13 aromatic carbocycles. The van der Waals surface area contributed by atoms with Gasteiger partial charge in [0.15, 0.2) is 17.5 Å². The summed E-state index contributed by atoms with van der Waals surface area (Å²) in [5, 5.41) is 4.40. The van der Waals surface area contributed by atoms with E-state index in [2.05, 4.69) is 33.4 Å². The van der Waals surface area contributed by atoms with E-state index in [4.69, 9.17) is 15.0 Å². The van der Waals surface area contributed by atoms with Crippen LogP contribution in [0.4, 0.5) is 52.7 Å². The molecule has 4 heterocycles. The van der Waals surface area contributed by atoms with Gasteiger partial charge in [0.1, 0.15) is 0 Å². The van der Waals surface area contributed by atoms with Crippen LogP contribution in [0.3, 0.4) is 0 Å². The number of alkyl halides is 12. The van der Waals surface area contributed by atoms with Crippen LogP contribution >= 0.6 is 0 Å². The lowest BCUT2D eigenvalue weighted by Crippen LogP contribution is -2.11. The summed E-state index contributed by atoms with van der Waals surface area (Å²) in [5.74, 6) is 0.951. The SMILES string of the molecule is FC(F)(F)c1cc(-c2ccc3c(c2)c2cc(-c4cc(C(F)(F)F)cc(C(F)(F)F)c4)ccc2n3-c2c(-c3ccc(-n4c5ccccc5c5ccccc54)cc3)cc(-c3nc(-c4ccccc4)nc(-c4ccccc4)n3)cc2-c2ccc(-n3c4ccccc4c4ccccc43)cc2)cc(C(F)(F)F)c1. The van der Waals surface area contributed by atoms with Gasteiger partial charge in [-0.25, -0.2) is 15.0 Å². The van der Waals surface area contributed by atoms with Crippen LogP contribution in [0.15, 0.2) is 291 Å². The number of nitrogens with zero attached hydrogens (tertiary/aromatic N) is 6. The van der Waals surface area contributed by atoms with Crippen molar-refractivity contribution in [2.24, 2.45) is 0 Å². The number of para-hydroxylation sites is 4. The average Bonchev–Trinajstić information content (AvgIpc) is 1.60. The number of benzene rings is 13. The Morgan fingerprint density at radius 3 is 0.806 bits per heavy atom. The van der Waals surface area contributed by atoms with Gasteiger partial charge in [-0.15, -0.1) is 0 Å². The molecule has 0 bridgehead atoms. The molecular weight excluding hydrogens is 1330 g/mol. The molecule has 4 aromatic heterocycles. The number of hydrogen-bond donors (Lipinski definition) is 0. The lowest BCUT2D eigenvalue weighted by atomic mass is 9.92. The normalized spacial score (nSPS) is 12.5. The number of hydrogen-bond acceptors (Lipinski definition) is 3. The molecule has 502 valence electrons. The van der Waals surface area contributed by atoms with Crippen LogP contribution in [0.1, 0.15) is 22.3 Å². The third-order valence-electron chi connectivity index (χ3n) is 18.9. The van der Waals surface area contributed by atoms with Gasteiger partial charge < -0.3 is 13.7 Å². The van der Waals surface area contributed by atoms with Gasteiger partial charge >= 0.3 is 24.7 Å². The standard InChI is InChI=1S/C85H48F12N6/c86-82(87,88)58-39-55(40-59(47-58)83(89,90)91)53-31-37-76-70(43-53)71-44-54(56-41-60(84(92,93)94)48-61(42-56)85(95,96)97)32-38-77(71)103(76)78-68(49-27-33-62(34-28-49)101-72-23-11-7-19-64(72)65-20-8-12-24-73(65)101)45-57(81-99-79(51-15-3-1-4-16-51)98-80(100-81)52-17-5-2-6-18-52)46-69(78)50-29-35-63(36-30-50)102-74-25-13-9-21-66(74)67-22-10-14-26-75(67)102/h1-48H. The summed E-state index contributed by atoms with van der Waals surface area (Å²) in [7, 11) is 0. The van der Waals surface area contributed by atoms with Gasteiger partial charge in [-0.1, -0.05) is 170 Å². The van der Waals surface area contributed by atoms with Crippen molar-refractivity contribution in [2.45, 2.75) is 24.7 Å². The summed E-state index contributed by atoms with van der Waals surface area (Å²) in [5.41, 5.74) is 2.93. The predicted octanol–water partition coefficient (Wildman–Crippen LogP) is 24.9. The molecule has 0 amide bonds. The number of rotatable bonds is 10. The second-order valence-electron chi connectivity index (χ2n) is 25.2. The molecule has 0 saturated heterocycles. The van der Waals surface area contributed by atoms with Crippen molar-refractivity contribution >= 4 is 65.4 Å². The molecule has 0 aliphatic carbocycles. The van der Waals surface area contributed by atoms with Gasteiger partial charge in [0.25, 0.3) is 0 Å². The molecular formula is C85H48F12N6. The average molecular weight is 1380 g/mol. The molecule has 18 heteroatoms. The molecule has 17 aromatic rings. The van der Waals surface area contributed by atoms with E-state index < -0.39 is 58.1 Å². The number of halogens is 12. The van der Waals surface area contributed by atoms with Crippen molar-refractivity contribution in [3.63, 3.8) is 0 Å². The lowest BCUT2D eigenvalue weighted by Gasteiger charge is -2.22. The van der Waals surface area contributed by atoms with Crippen LogP contribution in [0.25, 0.3) is 161 Å². The summed E-state index contributed by atoms with van der Waals surface area (Å²) >= 11 is 0. The second kappa shape index (κ2) is 24.1. The van der Waals surface area contributed by atoms with Gasteiger partial charge in [0, 0.05) is 71.5 Å². The summed E-state index contributed by atoms with van der Waals surface area (Å²) in [6.07, 6.45) is -20.9. The topological polar surface area (TPSA) is 53.5 Å². The fourth-order valence-electron chi connectivity index (χ4n) is 14.2. The lowest BCUT2D eigenvalue weighted by molar-refractivity contribution is -0.144. The molecule has 0 unspecified atom stereocenters. The molecule has 0 aliphatic rings. The van der Waals surface area contributed by atoms with Gasteiger partial charge in [-0.2, -0.15) is 52.7 Å². The Balaban J connectivity index is 0.992. The molecule has 0 radical (unpaired) electrons. The maximum Gasteiger partial charge on any atom is 0.416 e. The maximum absolute atomic E-state index is 14.7. The quantitative estimate of drug-likeness (QED) is 0.128. The molecule has 0 N–H and O–H groups in total. The summed E-state index contributed by atoms with van der Waals surface area (Å²) < 4.78 is 183. The van der Waals surface area contributed by atoms with E-state index >= 15 is 0 Å². The van der Waals surface area contributed by atoms with E-state index in [1.54, 1.807) is 0 Å². The molecule has 0 aliphatic heterocycles. The minimum absolute atomic E-state index is 0.0179. The highest BCUT2D eigenvalue weighted by Gasteiger charge is 2.39. The van der Waals surface area contributed by atoms with Crippen LogP contribution in [-0.4, -0.2) is 28.7 Å². The highest BCUT2D eigenvalue weighted by Crippen LogP contribution is 2.49. The summed E-state index contributed by atoms with van der Waals surface area (Å²) in [6, 6.07) is 81.5. The van der Waals surface area contributed by atoms with E-state index in [-0.39, 0.29) is 50.9 Å². The minimum Gasteiger partial charge on any atom is -0.309 e. The first kappa shape index (κ1) is 63.8. The largest absolute Gasteiger partial charge is 0.416 e. The highest BCUT2D eigenvalue weighted by atomic mass is 19.4. The molecule has 0 atom stereocenters. The second-order valence-corrected chi connectivity index (χ2v) is 25.2. The van der Waals surface area contributed by atoms with Crippen LogP contribution in [-0.2, 0) is 24.7 Å². The Hall–Kier alpha value is -12.6. The molecule has 0 spiro atoms. The zero-order valence-corrected chi connectivity index (χ0v) is 53.4. The summed E-state index contributed by atoms with van der Waals surface area (Å²) in [4.78, 5) is 15.4. The van der Waals surface area contributed by atoms with Gasteiger partial charge in [-0.05, 0) is 155 Å². The molecule has 17 rings (SSSR count). The Kier molecular flexibility index (Phi) is 14.9. The zero-order valence-electron chi connectivity index (χ0n) is 53.4. The Bertz CT molecular complexity index is 5680. The predicted molar refractivity (Wildman–Crippen MR) is 381 cm³/mol. The van der Waals surface area contributed by atoms with Crippen LogP contribution < -0.4 is 0 Å². The van der Waals surface area contributed by atoms with Crippen molar-refractivity contribution in [1.29, 1.82) is 0 Å². The van der Waals surface area contributed by atoms with Crippen LogP contribution in [0.2, 0.25) is 0 Å². The Morgan fingerprint density at radius 1 is 0.204 bits per heavy atom. The molecule has 0 fully saturated rings. The van der Waals surface area contributed by atoms with E-state index in [0.717, 1.165) is 55.0 Å². The Morgan fingerprint density at radius 2 is 0.485 bits per heavy atom. The van der Waals surface area contributed by atoms with Gasteiger partial charge in [-0.3, -0.25) is 0 Å². The fraction of sp³-hybridized carbons (Fsp3) is 0.0471. The van der Waals surface area contributed by atoms with E-state index in [1.165, 1.54) is 36.4 Å². The monoisotopic (exact) mass is 1380 g/mol. The van der Waals surface area contributed by atoms with Crippen molar-refractivity contribution in [3.05, 3.63) is 313 Å². The first-order valence-electron chi connectivity index (χ1n) is 32.5. The smallest absolute Gasteiger partial charge is 0.309 e. The van der Waals surface area contributed by atoms with E-state index in [1.807, 2.05) is 199 Å². The molecule has 0 saturated carbocycles. The molecule has 6 nitrogen and oxygen atoms in total. The number of fused-ring (bicyclic) bond motifs is 9. The van der Waals surface area contributed by atoms with E-state index in [0.29, 0.717) is 80.5 Å². The maximum atomic E-state index is 14.7. The van der Waals surface area contributed by atoms with Gasteiger partial charge in [0.05, 0.1) is 61.0 Å². The van der Waals surface area contributed by atoms with E-state index in [9.17, 15) is 52.7 Å². The van der Waals surface area contributed by atoms with Gasteiger partial charge in [0.2, 0.25) is 0 Å². The van der Waals surface area contributed by atoms with Crippen LogP contribution in [0, 0.1) is 0 Å². The fourth-order valence-corrected chi connectivity index (χ4v) is 14.2. The number of aromatic nitrogens is 6. The first-order valence-corrected chi connectivity index (χ1v) is 32.5. The molecule has 103 heavy (non-hydrogen) atoms. The third kappa shape index (κ3) is 11.3. The van der Waals surface area contributed by atoms with Crippen molar-refractivity contribution in [2.75, 3.05) is 0 Å². The van der Waals surface area contributed by atoms with Crippen LogP contribution in [0.5, 0.6) is 0 Å². The van der Waals surface area contributed by atoms with Crippen molar-refractivity contribution in [1.82, 2.24) is 28.7 Å². The third-order valence-corrected chi connectivity index (χ3v) is 18.9. The summed E-state index contributed by atoms with van der Waals surface area (Å²) in [6.45, 7) is 0.